The lowest BCUT2D eigenvalue weighted by atomic mass is 10.0. The molecule has 2 aliphatic rings. The van der Waals surface area contributed by atoms with Crippen molar-refractivity contribution in [3.05, 3.63) is 88.6 Å². The smallest absolute Gasteiger partial charge is 0.325 e. The molecule has 34 heavy (non-hydrogen) atoms. The highest BCUT2D eigenvalue weighted by Crippen LogP contribution is 2.32. The van der Waals surface area contributed by atoms with E-state index in [2.05, 4.69) is 27.3 Å². The lowest BCUT2D eigenvalue weighted by Crippen LogP contribution is -2.32. The average Bonchev–Trinajstić information content (AvgIpc) is 3.24. The van der Waals surface area contributed by atoms with Gasteiger partial charge in [-0.3, -0.25) is 9.89 Å². The van der Waals surface area contributed by atoms with Crippen molar-refractivity contribution in [2.45, 2.75) is 32.6 Å². The van der Waals surface area contributed by atoms with E-state index in [1.54, 1.807) is 0 Å². The van der Waals surface area contributed by atoms with Crippen LogP contribution in [-0.4, -0.2) is 33.8 Å². The Morgan fingerprint density at radius 2 is 1.76 bits per heavy atom. The molecular weight excluding hydrogens is 439 g/mol. The summed E-state index contributed by atoms with van der Waals surface area (Å²) in [6.45, 7) is 4.99. The lowest BCUT2D eigenvalue weighted by Gasteiger charge is -2.29. The zero-order chi connectivity index (χ0) is 23.7. The quantitative estimate of drug-likeness (QED) is 0.556. The van der Waals surface area contributed by atoms with Crippen molar-refractivity contribution in [2.24, 2.45) is 4.99 Å². The highest BCUT2D eigenvalue weighted by atomic mass is 19.4. The Labute approximate surface area is 196 Å². The molecule has 5 rings (SSSR count). The number of hydrogen-bond acceptors (Lipinski definition) is 5. The van der Waals surface area contributed by atoms with Gasteiger partial charge in [-0.25, -0.2) is 9.97 Å². The summed E-state index contributed by atoms with van der Waals surface area (Å²) in [5, 5.41) is 3.35. The van der Waals surface area contributed by atoms with Crippen LogP contribution in [0.5, 0.6) is 0 Å². The summed E-state index contributed by atoms with van der Waals surface area (Å²) in [7, 11) is 0. The maximum Gasteiger partial charge on any atom is 0.416 e. The molecule has 2 aromatic carbocycles. The summed E-state index contributed by atoms with van der Waals surface area (Å²) in [5.41, 5.74) is 4.16. The fourth-order valence-corrected chi connectivity index (χ4v) is 4.22. The van der Waals surface area contributed by atoms with Gasteiger partial charge in [-0.1, -0.05) is 42.5 Å². The van der Waals surface area contributed by atoms with E-state index in [1.807, 2.05) is 31.2 Å². The van der Waals surface area contributed by atoms with Gasteiger partial charge >= 0.3 is 6.18 Å². The molecule has 0 atom stereocenters. The van der Waals surface area contributed by atoms with Crippen molar-refractivity contribution in [2.75, 3.05) is 18.4 Å². The first-order valence-electron chi connectivity index (χ1n) is 11.2. The number of rotatable bonds is 4. The minimum atomic E-state index is -4.38. The molecule has 0 saturated heterocycles. The van der Waals surface area contributed by atoms with Crippen LogP contribution in [-0.2, 0) is 25.7 Å². The van der Waals surface area contributed by atoms with Gasteiger partial charge in [0, 0.05) is 37.2 Å². The van der Waals surface area contributed by atoms with Gasteiger partial charge in [0.1, 0.15) is 11.7 Å². The second kappa shape index (κ2) is 9.02. The number of amidine groups is 1. The second-order valence-corrected chi connectivity index (χ2v) is 8.66. The van der Waals surface area contributed by atoms with E-state index in [4.69, 9.17) is 9.97 Å². The molecule has 0 amide bonds. The maximum absolute atomic E-state index is 13.0. The summed E-state index contributed by atoms with van der Waals surface area (Å²) >= 11 is 0. The number of nitrogens with zero attached hydrogens (tertiary/aromatic N) is 4. The van der Waals surface area contributed by atoms with Gasteiger partial charge < -0.3 is 5.32 Å². The average molecular weight is 464 g/mol. The summed E-state index contributed by atoms with van der Waals surface area (Å²) in [5.74, 6) is 1.80. The highest BCUT2D eigenvalue weighted by molar-refractivity contribution is 6.05. The summed E-state index contributed by atoms with van der Waals surface area (Å²) in [4.78, 5) is 16.3. The zero-order valence-electron chi connectivity index (χ0n) is 18.7. The van der Waals surface area contributed by atoms with Crippen molar-refractivity contribution in [3.8, 4) is 11.4 Å². The van der Waals surface area contributed by atoms with Crippen LogP contribution in [0, 0.1) is 0 Å². The molecule has 0 aliphatic carbocycles. The van der Waals surface area contributed by atoms with E-state index in [-0.39, 0.29) is 0 Å². The van der Waals surface area contributed by atoms with Crippen LogP contribution < -0.4 is 5.32 Å². The summed E-state index contributed by atoms with van der Waals surface area (Å²) < 4.78 is 39.0. The number of hydrogen-bond donors (Lipinski definition) is 1. The topological polar surface area (TPSA) is 53.4 Å². The van der Waals surface area contributed by atoms with E-state index in [0.29, 0.717) is 30.3 Å². The molecule has 8 heteroatoms. The van der Waals surface area contributed by atoms with Gasteiger partial charge in [0.25, 0.3) is 0 Å². The first-order valence-corrected chi connectivity index (χ1v) is 11.2. The molecule has 5 nitrogen and oxygen atoms in total. The van der Waals surface area contributed by atoms with E-state index in [9.17, 15) is 13.2 Å². The molecule has 0 saturated carbocycles. The predicted molar refractivity (Wildman–Crippen MR) is 126 cm³/mol. The third-order valence-electron chi connectivity index (χ3n) is 5.99. The number of fused-ring (bicyclic) bond motifs is 1. The van der Waals surface area contributed by atoms with E-state index in [1.165, 1.54) is 17.7 Å². The van der Waals surface area contributed by atoms with E-state index in [0.717, 1.165) is 54.3 Å². The SMILES string of the molecule is CC1=CC(Nc2nc(-c3ccc(C(F)(F)F)cc3)nc3c2CN(Cc2ccccc2)CC3)=NC1. The second-order valence-electron chi connectivity index (χ2n) is 8.66. The van der Waals surface area contributed by atoms with Crippen molar-refractivity contribution >= 4 is 11.7 Å². The largest absolute Gasteiger partial charge is 0.416 e. The number of nitrogens with one attached hydrogen (secondary N) is 1. The Hall–Kier alpha value is -3.52. The Morgan fingerprint density at radius 3 is 2.44 bits per heavy atom. The zero-order valence-corrected chi connectivity index (χ0v) is 18.7. The molecule has 3 aromatic rings. The van der Waals surface area contributed by atoms with Crippen molar-refractivity contribution in [1.29, 1.82) is 0 Å². The fourth-order valence-electron chi connectivity index (χ4n) is 4.22. The molecule has 1 N–H and O–H groups in total. The van der Waals surface area contributed by atoms with Crippen LogP contribution in [0.15, 0.2) is 71.2 Å². The minimum Gasteiger partial charge on any atom is -0.325 e. The van der Waals surface area contributed by atoms with Gasteiger partial charge in [0.2, 0.25) is 0 Å². The Balaban J connectivity index is 1.48. The maximum atomic E-state index is 13.0. The van der Waals surface area contributed by atoms with Crippen molar-refractivity contribution in [3.63, 3.8) is 0 Å². The van der Waals surface area contributed by atoms with Crippen LogP contribution in [0.3, 0.4) is 0 Å². The first kappa shape index (κ1) is 22.3. The number of anilines is 1. The summed E-state index contributed by atoms with van der Waals surface area (Å²) in [6, 6.07) is 15.3. The Kier molecular flexibility index (Phi) is 5.91. The molecule has 0 unspecified atom stereocenters. The van der Waals surface area contributed by atoms with Crippen LogP contribution in [0.25, 0.3) is 11.4 Å². The molecule has 0 spiro atoms. The molecule has 2 aliphatic heterocycles. The molecule has 0 bridgehead atoms. The molecule has 174 valence electrons. The first-order chi connectivity index (χ1) is 16.3. The van der Waals surface area contributed by atoms with Gasteiger partial charge in [-0.2, -0.15) is 13.2 Å². The number of alkyl halides is 3. The third-order valence-corrected chi connectivity index (χ3v) is 5.99. The molecule has 0 fully saturated rings. The number of benzene rings is 2. The van der Waals surface area contributed by atoms with Crippen LogP contribution in [0.1, 0.15) is 29.3 Å². The molecule has 3 heterocycles. The molecule has 0 radical (unpaired) electrons. The predicted octanol–water partition coefficient (Wildman–Crippen LogP) is 5.49. The van der Waals surface area contributed by atoms with E-state index >= 15 is 0 Å². The van der Waals surface area contributed by atoms with Gasteiger partial charge in [-0.15, -0.1) is 0 Å². The Morgan fingerprint density at radius 1 is 1.00 bits per heavy atom. The van der Waals surface area contributed by atoms with Crippen LogP contribution >= 0.6 is 0 Å². The van der Waals surface area contributed by atoms with Crippen LogP contribution in [0.4, 0.5) is 19.0 Å². The van der Waals surface area contributed by atoms with Gasteiger partial charge in [0.15, 0.2) is 5.82 Å². The normalized spacial score (nSPS) is 16.1. The Bertz CT molecular complexity index is 1250. The number of aromatic nitrogens is 2. The van der Waals surface area contributed by atoms with Gasteiger partial charge in [-0.05, 0) is 36.3 Å². The number of halogens is 3. The molecular formula is C26H24F3N5. The summed E-state index contributed by atoms with van der Waals surface area (Å²) in [6.07, 6.45) is -1.67. The van der Waals surface area contributed by atoms with Gasteiger partial charge in [0.05, 0.1) is 17.8 Å². The van der Waals surface area contributed by atoms with Crippen molar-refractivity contribution in [1.82, 2.24) is 14.9 Å². The number of aliphatic imine (C=N–C) groups is 1. The van der Waals surface area contributed by atoms with Crippen molar-refractivity contribution < 1.29 is 13.2 Å². The highest BCUT2D eigenvalue weighted by Gasteiger charge is 2.30. The molecule has 1 aromatic heterocycles. The lowest BCUT2D eigenvalue weighted by molar-refractivity contribution is -0.137. The minimum absolute atomic E-state index is 0.408. The van der Waals surface area contributed by atoms with Crippen LogP contribution in [0.2, 0.25) is 0 Å². The monoisotopic (exact) mass is 463 g/mol. The fraction of sp³-hybridized carbons (Fsp3) is 0.269. The third kappa shape index (κ3) is 4.87. The van der Waals surface area contributed by atoms with E-state index < -0.39 is 11.7 Å². The standard InChI is InChI=1S/C26H24F3N5/c1-17-13-23(30-14-17)32-25-21-16-34(15-18-5-3-2-4-6-18)12-11-22(21)31-24(33-25)19-7-9-20(10-8-19)26(27,28)29/h2-10,13H,11-12,14-16H2,1H3,(H,30,31,32,33).